The molecule has 0 bridgehead atoms. The molecule has 0 N–H and O–H groups in total. The van der Waals surface area contributed by atoms with Crippen LogP contribution in [0.15, 0.2) is 42.5 Å². The Balaban J connectivity index is 2.51. The molecule has 2 aromatic carbocycles. The lowest BCUT2D eigenvalue weighted by atomic mass is 10.00. The van der Waals surface area contributed by atoms with E-state index in [1.807, 2.05) is 0 Å². The molecule has 0 saturated carbocycles. The highest BCUT2D eigenvalue weighted by Gasteiger charge is 2.31. The number of ether oxygens (including phenoxy) is 1. The van der Waals surface area contributed by atoms with Gasteiger partial charge in [0, 0.05) is 11.1 Å². The van der Waals surface area contributed by atoms with E-state index in [1.165, 1.54) is 12.1 Å². The third-order valence-corrected chi connectivity index (χ3v) is 2.55. The van der Waals surface area contributed by atoms with E-state index in [-0.39, 0.29) is 16.7 Å². The summed E-state index contributed by atoms with van der Waals surface area (Å²) in [5, 5.41) is 0. The number of hydrogen-bond donors (Lipinski definition) is 0. The molecule has 0 heterocycles. The SMILES string of the molecule is O=Cc1ccccc1-c1cc(OC(F)(F)F)ccc1F. The molecule has 20 heavy (non-hydrogen) atoms. The monoisotopic (exact) mass is 284 g/mol. The van der Waals surface area contributed by atoms with E-state index >= 15 is 0 Å². The maximum Gasteiger partial charge on any atom is 0.573 e. The molecule has 2 aromatic rings. The zero-order chi connectivity index (χ0) is 14.8. The summed E-state index contributed by atoms with van der Waals surface area (Å²) in [6, 6.07) is 8.65. The van der Waals surface area contributed by atoms with Crippen molar-refractivity contribution in [2.75, 3.05) is 0 Å². The molecule has 0 aliphatic carbocycles. The zero-order valence-corrected chi connectivity index (χ0v) is 9.95. The summed E-state index contributed by atoms with van der Waals surface area (Å²) in [7, 11) is 0. The van der Waals surface area contributed by atoms with E-state index in [0.29, 0.717) is 6.29 Å². The quantitative estimate of drug-likeness (QED) is 0.623. The van der Waals surface area contributed by atoms with Gasteiger partial charge in [-0.15, -0.1) is 13.2 Å². The first kappa shape index (κ1) is 14.0. The fourth-order valence-corrected chi connectivity index (χ4v) is 1.75. The van der Waals surface area contributed by atoms with Crippen LogP contribution >= 0.6 is 0 Å². The number of carbonyl (C=O) groups is 1. The van der Waals surface area contributed by atoms with Crippen molar-refractivity contribution in [1.82, 2.24) is 0 Å². The number of halogens is 4. The molecule has 0 aromatic heterocycles. The van der Waals surface area contributed by atoms with E-state index in [0.717, 1.165) is 18.2 Å². The summed E-state index contributed by atoms with van der Waals surface area (Å²) < 4.78 is 53.9. The molecule has 2 nitrogen and oxygen atoms in total. The lowest BCUT2D eigenvalue weighted by Gasteiger charge is -2.11. The van der Waals surface area contributed by atoms with Crippen molar-refractivity contribution in [3.05, 3.63) is 53.8 Å². The second kappa shape index (κ2) is 5.32. The van der Waals surface area contributed by atoms with Crippen LogP contribution in [-0.2, 0) is 0 Å². The number of carbonyl (C=O) groups excluding carboxylic acids is 1. The van der Waals surface area contributed by atoms with Crippen LogP contribution in [0.4, 0.5) is 17.6 Å². The Morgan fingerprint density at radius 3 is 2.35 bits per heavy atom. The summed E-state index contributed by atoms with van der Waals surface area (Å²) in [6.45, 7) is 0. The van der Waals surface area contributed by atoms with E-state index in [1.54, 1.807) is 12.1 Å². The van der Waals surface area contributed by atoms with E-state index in [2.05, 4.69) is 4.74 Å². The molecule has 104 valence electrons. The van der Waals surface area contributed by atoms with Gasteiger partial charge >= 0.3 is 6.36 Å². The topological polar surface area (TPSA) is 26.3 Å². The fraction of sp³-hybridized carbons (Fsp3) is 0.0714. The minimum absolute atomic E-state index is 0.130. The molecule has 0 amide bonds. The van der Waals surface area contributed by atoms with Gasteiger partial charge < -0.3 is 4.74 Å². The number of hydrogen-bond acceptors (Lipinski definition) is 2. The Labute approximate surface area is 111 Å². The standard InChI is InChI=1S/C14H8F4O2/c15-13-6-5-10(20-14(16,17)18)7-12(13)11-4-2-1-3-9(11)8-19/h1-8H. The number of alkyl halides is 3. The van der Waals surface area contributed by atoms with Crippen molar-refractivity contribution < 1.29 is 27.1 Å². The van der Waals surface area contributed by atoms with Crippen LogP contribution < -0.4 is 4.74 Å². The molecule has 0 spiro atoms. The molecule has 0 saturated heterocycles. The Morgan fingerprint density at radius 2 is 1.70 bits per heavy atom. The fourth-order valence-electron chi connectivity index (χ4n) is 1.75. The van der Waals surface area contributed by atoms with Crippen molar-refractivity contribution in [1.29, 1.82) is 0 Å². The van der Waals surface area contributed by atoms with Crippen LogP contribution in [-0.4, -0.2) is 12.6 Å². The molecule has 0 atom stereocenters. The van der Waals surface area contributed by atoms with Gasteiger partial charge in [-0.2, -0.15) is 0 Å². The third kappa shape index (κ3) is 3.14. The maximum absolute atomic E-state index is 13.8. The van der Waals surface area contributed by atoms with Crippen molar-refractivity contribution in [3.63, 3.8) is 0 Å². The molecule has 0 radical (unpaired) electrons. The summed E-state index contributed by atoms with van der Waals surface area (Å²) in [4.78, 5) is 10.9. The molecule has 0 fully saturated rings. The van der Waals surface area contributed by atoms with Gasteiger partial charge in [-0.1, -0.05) is 24.3 Å². The molecule has 0 aliphatic heterocycles. The van der Waals surface area contributed by atoms with Gasteiger partial charge in [0.15, 0.2) is 6.29 Å². The Morgan fingerprint density at radius 1 is 1.00 bits per heavy atom. The number of aldehydes is 1. The minimum atomic E-state index is -4.86. The van der Waals surface area contributed by atoms with E-state index in [9.17, 15) is 22.4 Å². The van der Waals surface area contributed by atoms with Gasteiger partial charge in [0.1, 0.15) is 11.6 Å². The smallest absolute Gasteiger partial charge is 0.406 e. The summed E-state index contributed by atoms with van der Waals surface area (Å²) in [6.07, 6.45) is -4.36. The highest BCUT2D eigenvalue weighted by molar-refractivity contribution is 5.87. The molecule has 0 unspecified atom stereocenters. The summed E-state index contributed by atoms with van der Waals surface area (Å²) in [5.74, 6) is -1.29. The normalized spacial score (nSPS) is 11.2. The first-order valence-corrected chi connectivity index (χ1v) is 5.50. The largest absolute Gasteiger partial charge is 0.573 e. The predicted molar refractivity (Wildman–Crippen MR) is 63.9 cm³/mol. The number of rotatable bonds is 3. The first-order chi connectivity index (χ1) is 9.40. The van der Waals surface area contributed by atoms with Crippen LogP contribution in [0.3, 0.4) is 0 Å². The summed E-state index contributed by atoms with van der Waals surface area (Å²) in [5.41, 5.74) is 0.248. The van der Waals surface area contributed by atoms with Gasteiger partial charge in [-0.05, 0) is 23.8 Å². The van der Waals surface area contributed by atoms with Crippen LogP contribution in [0.1, 0.15) is 10.4 Å². The zero-order valence-electron chi connectivity index (χ0n) is 9.95. The van der Waals surface area contributed by atoms with E-state index < -0.39 is 17.9 Å². The minimum Gasteiger partial charge on any atom is -0.406 e. The maximum atomic E-state index is 13.8. The van der Waals surface area contributed by atoms with Crippen molar-refractivity contribution in [2.24, 2.45) is 0 Å². The van der Waals surface area contributed by atoms with Gasteiger partial charge in [0.25, 0.3) is 0 Å². The number of benzene rings is 2. The molecular formula is C14H8F4O2. The lowest BCUT2D eigenvalue weighted by molar-refractivity contribution is -0.274. The molecule has 0 aliphatic rings. The molecular weight excluding hydrogens is 276 g/mol. The van der Waals surface area contributed by atoms with Crippen LogP contribution in [0.5, 0.6) is 5.75 Å². The second-order valence-electron chi connectivity index (χ2n) is 3.89. The van der Waals surface area contributed by atoms with Gasteiger partial charge in [-0.3, -0.25) is 4.79 Å². The molecule has 6 heteroatoms. The predicted octanol–water partition coefficient (Wildman–Crippen LogP) is 4.20. The first-order valence-electron chi connectivity index (χ1n) is 5.50. The highest BCUT2D eigenvalue weighted by Crippen LogP contribution is 2.31. The van der Waals surface area contributed by atoms with Gasteiger partial charge in [0.2, 0.25) is 0 Å². The Kier molecular flexibility index (Phi) is 3.74. The average Bonchev–Trinajstić information content (AvgIpc) is 2.39. The van der Waals surface area contributed by atoms with Crippen molar-refractivity contribution >= 4 is 6.29 Å². The van der Waals surface area contributed by atoms with Gasteiger partial charge in [0.05, 0.1) is 0 Å². The van der Waals surface area contributed by atoms with Gasteiger partial charge in [-0.25, -0.2) is 4.39 Å². The van der Waals surface area contributed by atoms with Crippen molar-refractivity contribution in [3.8, 4) is 16.9 Å². The van der Waals surface area contributed by atoms with Crippen LogP contribution in [0.25, 0.3) is 11.1 Å². The third-order valence-electron chi connectivity index (χ3n) is 2.55. The Hall–Kier alpha value is -2.37. The average molecular weight is 284 g/mol. The summed E-state index contributed by atoms with van der Waals surface area (Å²) >= 11 is 0. The Bertz CT molecular complexity index is 635. The molecule has 2 rings (SSSR count). The van der Waals surface area contributed by atoms with Crippen LogP contribution in [0, 0.1) is 5.82 Å². The van der Waals surface area contributed by atoms with Crippen molar-refractivity contribution in [2.45, 2.75) is 6.36 Å². The highest BCUT2D eigenvalue weighted by atomic mass is 19.4. The lowest BCUT2D eigenvalue weighted by Crippen LogP contribution is -2.17. The van der Waals surface area contributed by atoms with E-state index in [4.69, 9.17) is 0 Å². The van der Waals surface area contributed by atoms with Crippen LogP contribution in [0.2, 0.25) is 0 Å². The second-order valence-corrected chi connectivity index (χ2v) is 3.89.